The van der Waals surface area contributed by atoms with Crippen LogP contribution in [0.3, 0.4) is 0 Å². The molecule has 3 rings (SSSR count). The van der Waals surface area contributed by atoms with Crippen LogP contribution in [0.25, 0.3) is 0 Å². The Morgan fingerprint density at radius 1 is 1.33 bits per heavy atom. The zero-order valence-electron chi connectivity index (χ0n) is 14.0. The van der Waals surface area contributed by atoms with Gasteiger partial charge in [0.1, 0.15) is 4.21 Å². The lowest BCUT2D eigenvalue weighted by Crippen LogP contribution is -2.39. The summed E-state index contributed by atoms with van der Waals surface area (Å²) in [5.74, 6) is -0.0502. The third-order valence-corrected chi connectivity index (χ3v) is 8.75. The first-order valence-electron chi connectivity index (χ1n) is 8.41. The molecule has 134 valence electrons. The van der Waals surface area contributed by atoms with Gasteiger partial charge in [-0.2, -0.15) is 4.31 Å². The number of rotatable bonds is 4. The molecule has 0 unspecified atom stereocenters. The standard InChI is InChI=1S/C16H24N2O4S2/c1-10(2)11-4-7-18(8-5-11)24(21,22)16-14(15(19)20)12-3-6-17-9-13(12)23-16/h10-11,17H,3-9H2,1-2H3,(H,19,20). The van der Waals surface area contributed by atoms with Gasteiger partial charge in [-0.1, -0.05) is 13.8 Å². The molecule has 0 saturated carbocycles. The van der Waals surface area contributed by atoms with Crippen molar-refractivity contribution in [3.8, 4) is 0 Å². The van der Waals surface area contributed by atoms with Gasteiger partial charge in [0.25, 0.3) is 10.0 Å². The second-order valence-corrected chi connectivity index (χ2v) is 10.1. The largest absolute Gasteiger partial charge is 0.478 e. The fraction of sp³-hybridized carbons (Fsp3) is 0.688. The normalized spacial score (nSPS) is 20.3. The average Bonchev–Trinajstić information content (AvgIpc) is 2.95. The van der Waals surface area contributed by atoms with Crippen LogP contribution in [0.5, 0.6) is 0 Å². The van der Waals surface area contributed by atoms with Crippen molar-refractivity contribution >= 4 is 27.3 Å². The van der Waals surface area contributed by atoms with E-state index in [-0.39, 0.29) is 9.77 Å². The molecule has 0 radical (unpaired) electrons. The van der Waals surface area contributed by atoms with E-state index in [0.717, 1.165) is 29.1 Å². The lowest BCUT2D eigenvalue weighted by Gasteiger charge is -2.32. The van der Waals surface area contributed by atoms with E-state index in [2.05, 4.69) is 19.2 Å². The highest BCUT2D eigenvalue weighted by Crippen LogP contribution is 2.37. The predicted molar refractivity (Wildman–Crippen MR) is 93.0 cm³/mol. The number of piperidine rings is 1. The smallest absolute Gasteiger partial charge is 0.338 e. The maximum atomic E-state index is 13.1. The lowest BCUT2D eigenvalue weighted by atomic mass is 9.87. The number of fused-ring (bicyclic) bond motifs is 1. The molecular formula is C16H24N2O4S2. The van der Waals surface area contributed by atoms with Crippen LogP contribution in [-0.2, 0) is 23.0 Å². The fourth-order valence-corrected chi connectivity index (χ4v) is 7.08. The quantitative estimate of drug-likeness (QED) is 0.846. The first-order valence-corrected chi connectivity index (χ1v) is 10.7. The van der Waals surface area contributed by atoms with Gasteiger partial charge in [0.15, 0.2) is 0 Å². The van der Waals surface area contributed by atoms with Gasteiger partial charge in [-0.05, 0) is 43.2 Å². The Balaban J connectivity index is 1.93. The summed E-state index contributed by atoms with van der Waals surface area (Å²) in [5.41, 5.74) is 0.698. The van der Waals surface area contributed by atoms with Crippen molar-refractivity contribution in [3.05, 3.63) is 16.0 Å². The first-order chi connectivity index (χ1) is 11.3. The van der Waals surface area contributed by atoms with Crippen molar-refractivity contribution in [2.75, 3.05) is 19.6 Å². The van der Waals surface area contributed by atoms with Crippen molar-refractivity contribution in [1.29, 1.82) is 0 Å². The van der Waals surface area contributed by atoms with Gasteiger partial charge in [0, 0.05) is 24.5 Å². The number of aromatic carboxylic acids is 1. The molecule has 0 amide bonds. The summed E-state index contributed by atoms with van der Waals surface area (Å²) in [4.78, 5) is 12.6. The number of nitrogens with zero attached hydrogens (tertiary/aromatic N) is 1. The molecule has 2 N–H and O–H groups in total. The molecule has 1 saturated heterocycles. The lowest BCUT2D eigenvalue weighted by molar-refractivity contribution is 0.0692. The molecule has 24 heavy (non-hydrogen) atoms. The fourth-order valence-electron chi connectivity index (χ4n) is 3.61. The highest BCUT2D eigenvalue weighted by molar-refractivity contribution is 7.91. The SMILES string of the molecule is CC(C)C1CCN(S(=O)(=O)c2sc3c(c2C(=O)O)CCNC3)CC1. The minimum absolute atomic E-state index is 0.00230. The maximum absolute atomic E-state index is 13.1. The number of thiophene rings is 1. The number of carbonyl (C=O) groups is 1. The van der Waals surface area contributed by atoms with E-state index in [1.165, 1.54) is 4.31 Å². The van der Waals surface area contributed by atoms with Crippen molar-refractivity contribution in [2.24, 2.45) is 11.8 Å². The molecule has 0 aliphatic carbocycles. The zero-order valence-corrected chi connectivity index (χ0v) is 15.7. The molecule has 1 fully saturated rings. The number of sulfonamides is 1. The van der Waals surface area contributed by atoms with E-state index >= 15 is 0 Å². The van der Waals surface area contributed by atoms with E-state index in [9.17, 15) is 18.3 Å². The van der Waals surface area contributed by atoms with E-state index in [1.807, 2.05) is 0 Å². The van der Waals surface area contributed by atoms with Gasteiger partial charge in [-0.25, -0.2) is 13.2 Å². The Kier molecular flexibility index (Phi) is 5.01. The van der Waals surface area contributed by atoms with Crippen molar-refractivity contribution in [2.45, 2.75) is 43.9 Å². The Bertz CT molecular complexity index is 732. The third-order valence-electron chi connectivity index (χ3n) is 5.13. The van der Waals surface area contributed by atoms with Crippen LogP contribution in [-0.4, -0.2) is 43.4 Å². The van der Waals surface area contributed by atoms with E-state index in [4.69, 9.17) is 0 Å². The summed E-state index contributed by atoms with van der Waals surface area (Å²) in [6.07, 6.45) is 2.25. The highest BCUT2D eigenvalue weighted by atomic mass is 32.2. The van der Waals surface area contributed by atoms with E-state index in [1.54, 1.807) is 0 Å². The summed E-state index contributed by atoms with van der Waals surface area (Å²) in [5, 5.41) is 12.8. The van der Waals surface area contributed by atoms with Gasteiger partial charge in [-0.15, -0.1) is 11.3 Å². The number of nitrogens with one attached hydrogen (secondary N) is 1. The number of carboxylic acid groups (broad SMARTS) is 1. The van der Waals surface area contributed by atoms with Crippen LogP contribution in [0.1, 0.15) is 47.5 Å². The second kappa shape index (κ2) is 6.74. The minimum Gasteiger partial charge on any atom is -0.478 e. The molecule has 0 atom stereocenters. The highest BCUT2D eigenvalue weighted by Gasteiger charge is 2.37. The molecule has 6 nitrogen and oxygen atoms in total. The number of hydrogen-bond acceptors (Lipinski definition) is 5. The van der Waals surface area contributed by atoms with Crippen LogP contribution in [0.2, 0.25) is 0 Å². The van der Waals surface area contributed by atoms with Crippen molar-refractivity contribution in [3.63, 3.8) is 0 Å². The van der Waals surface area contributed by atoms with Crippen LogP contribution < -0.4 is 5.32 Å². The van der Waals surface area contributed by atoms with Crippen LogP contribution in [0.15, 0.2) is 4.21 Å². The minimum atomic E-state index is -3.74. The van der Waals surface area contributed by atoms with Crippen LogP contribution in [0.4, 0.5) is 0 Å². The first kappa shape index (κ1) is 17.8. The van der Waals surface area contributed by atoms with Gasteiger partial charge >= 0.3 is 5.97 Å². The molecule has 1 aromatic rings. The van der Waals surface area contributed by atoms with E-state index < -0.39 is 16.0 Å². The number of hydrogen-bond donors (Lipinski definition) is 2. The van der Waals surface area contributed by atoms with Gasteiger partial charge in [0.2, 0.25) is 0 Å². The molecular weight excluding hydrogens is 348 g/mol. The molecule has 1 aromatic heterocycles. The van der Waals surface area contributed by atoms with Gasteiger partial charge in [-0.3, -0.25) is 0 Å². The second-order valence-electron chi connectivity index (χ2n) is 6.88. The Labute approximate surface area is 146 Å². The number of carboxylic acids is 1. The summed E-state index contributed by atoms with van der Waals surface area (Å²) in [6, 6.07) is 0. The monoisotopic (exact) mass is 372 g/mol. The average molecular weight is 373 g/mol. The molecule has 2 aliphatic heterocycles. The van der Waals surface area contributed by atoms with Crippen LogP contribution >= 0.6 is 11.3 Å². The predicted octanol–water partition coefficient (Wildman–Crippen LogP) is 2.15. The van der Waals surface area contributed by atoms with Gasteiger partial charge < -0.3 is 10.4 Å². The molecule has 2 aliphatic rings. The van der Waals surface area contributed by atoms with Crippen molar-refractivity contribution < 1.29 is 18.3 Å². The Hall–Kier alpha value is -0.960. The summed E-state index contributed by atoms with van der Waals surface area (Å²) in [7, 11) is -3.74. The van der Waals surface area contributed by atoms with Crippen LogP contribution in [0, 0.1) is 11.8 Å². The third kappa shape index (κ3) is 3.12. The summed E-state index contributed by atoms with van der Waals surface area (Å²) < 4.78 is 27.6. The zero-order chi connectivity index (χ0) is 17.5. The van der Waals surface area contributed by atoms with E-state index in [0.29, 0.717) is 50.0 Å². The molecule has 0 spiro atoms. The van der Waals surface area contributed by atoms with Crippen molar-refractivity contribution in [1.82, 2.24) is 9.62 Å². The molecule has 3 heterocycles. The molecule has 0 aromatic carbocycles. The molecule has 0 bridgehead atoms. The topological polar surface area (TPSA) is 86.7 Å². The maximum Gasteiger partial charge on any atom is 0.338 e. The molecule has 8 heteroatoms. The Morgan fingerprint density at radius 3 is 2.58 bits per heavy atom. The Morgan fingerprint density at radius 2 is 2.00 bits per heavy atom. The van der Waals surface area contributed by atoms with Gasteiger partial charge in [0.05, 0.1) is 5.56 Å². The summed E-state index contributed by atoms with van der Waals surface area (Å²) in [6.45, 7) is 6.51. The summed E-state index contributed by atoms with van der Waals surface area (Å²) >= 11 is 1.13.